The molecule has 0 spiro atoms. The number of allylic oxidation sites excluding steroid dienone is 2. The third-order valence-corrected chi connectivity index (χ3v) is 16.5. The maximum absolute atomic E-state index is 13.2. The minimum absolute atomic E-state index is 0.0833. The van der Waals surface area contributed by atoms with Crippen LogP contribution < -0.4 is 5.32 Å². The van der Waals surface area contributed by atoms with Crippen molar-refractivity contribution in [3.8, 4) is 0 Å². The van der Waals surface area contributed by atoms with Gasteiger partial charge in [0.1, 0.15) is 0 Å². The summed E-state index contributed by atoms with van der Waals surface area (Å²) in [5.41, 5.74) is 0.460. The molecular formula is C48H84N2O4. The Morgan fingerprint density at radius 3 is 2.13 bits per heavy atom. The highest BCUT2D eigenvalue weighted by Crippen LogP contribution is 2.69. The van der Waals surface area contributed by atoms with Gasteiger partial charge in [0.05, 0.1) is 12.2 Å². The van der Waals surface area contributed by atoms with E-state index in [1.165, 1.54) is 96.3 Å². The predicted octanol–water partition coefficient (Wildman–Crippen LogP) is 10.8. The number of rotatable bonds is 21. The number of nitrogens with one attached hydrogen (secondary N) is 1. The zero-order chi connectivity index (χ0) is 38.7. The summed E-state index contributed by atoms with van der Waals surface area (Å²) in [6.07, 6.45) is 32.5. The number of aliphatic hydroxyl groups is 2. The SMILES string of the molecule is CCCCCCCCC=CCCCCCCCC(=O)N1CC[C@@H](NC(=O)CC[C@@H](C)C2CC[C@H]3[C@@H]4[C@H](O)[C@H](CC)[C@@H]5C[C@H](O)CC[C@]5(C)[C@H]4CC[C@]23C)C1. The molecule has 1 heterocycles. The van der Waals surface area contributed by atoms with Gasteiger partial charge in [-0.3, -0.25) is 9.59 Å². The lowest BCUT2D eigenvalue weighted by molar-refractivity contribution is -0.203. The summed E-state index contributed by atoms with van der Waals surface area (Å²) in [4.78, 5) is 28.1. The van der Waals surface area contributed by atoms with Crippen LogP contribution in [0.25, 0.3) is 0 Å². The van der Waals surface area contributed by atoms with Crippen molar-refractivity contribution in [1.82, 2.24) is 10.2 Å². The lowest BCUT2D eigenvalue weighted by atomic mass is 9.41. The Balaban J connectivity index is 0.960. The van der Waals surface area contributed by atoms with E-state index in [1.807, 2.05) is 4.90 Å². The van der Waals surface area contributed by atoms with Crippen LogP contribution in [0.4, 0.5) is 0 Å². The van der Waals surface area contributed by atoms with Crippen molar-refractivity contribution < 1.29 is 19.8 Å². The molecule has 5 aliphatic rings. The summed E-state index contributed by atoms with van der Waals surface area (Å²) in [5, 5.41) is 25.9. The van der Waals surface area contributed by atoms with Crippen LogP contribution in [0.5, 0.6) is 0 Å². The zero-order valence-corrected chi connectivity index (χ0v) is 35.7. The molecule has 0 bridgehead atoms. The third kappa shape index (κ3) is 10.6. The predicted molar refractivity (Wildman–Crippen MR) is 223 cm³/mol. The Hall–Kier alpha value is -1.40. The zero-order valence-electron chi connectivity index (χ0n) is 35.7. The molecule has 310 valence electrons. The minimum atomic E-state index is -0.257. The minimum Gasteiger partial charge on any atom is -0.393 e. The van der Waals surface area contributed by atoms with E-state index in [0.717, 1.165) is 57.9 Å². The van der Waals surface area contributed by atoms with E-state index in [1.54, 1.807) is 0 Å². The van der Waals surface area contributed by atoms with Gasteiger partial charge in [-0.25, -0.2) is 0 Å². The van der Waals surface area contributed by atoms with Gasteiger partial charge in [-0.05, 0) is 142 Å². The second-order valence-corrected chi connectivity index (χ2v) is 19.9. The fourth-order valence-electron chi connectivity index (χ4n) is 13.4. The Bertz CT molecular complexity index is 1190. The molecule has 1 aliphatic heterocycles. The van der Waals surface area contributed by atoms with E-state index < -0.39 is 0 Å². The summed E-state index contributed by atoms with van der Waals surface area (Å²) in [6, 6.07) is 0.0833. The lowest BCUT2D eigenvalue weighted by Gasteiger charge is -2.64. The molecule has 6 nitrogen and oxygen atoms in total. The van der Waals surface area contributed by atoms with Crippen molar-refractivity contribution in [2.75, 3.05) is 13.1 Å². The van der Waals surface area contributed by atoms with Gasteiger partial charge in [0.2, 0.25) is 11.8 Å². The van der Waals surface area contributed by atoms with E-state index >= 15 is 0 Å². The first kappa shape index (κ1) is 43.7. The maximum atomic E-state index is 13.2. The van der Waals surface area contributed by atoms with Gasteiger partial charge in [0, 0.05) is 32.0 Å². The molecule has 54 heavy (non-hydrogen) atoms. The average molecular weight is 753 g/mol. The molecule has 0 radical (unpaired) electrons. The van der Waals surface area contributed by atoms with Crippen LogP contribution in [0.15, 0.2) is 12.2 Å². The Labute approximate surface area is 331 Å². The van der Waals surface area contributed by atoms with E-state index in [4.69, 9.17) is 0 Å². The summed E-state index contributed by atoms with van der Waals surface area (Å²) >= 11 is 0. The highest BCUT2D eigenvalue weighted by molar-refractivity contribution is 5.78. The first-order valence-corrected chi connectivity index (χ1v) is 23.6. The number of hydrogen-bond donors (Lipinski definition) is 3. The molecule has 0 aromatic rings. The van der Waals surface area contributed by atoms with Crippen LogP contribution >= 0.6 is 0 Å². The van der Waals surface area contributed by atoms with Gasteiger partial charge in [0.25, 0.3) is 0 Å². The molecule has 0 aromatic heterocycles. The highest BCUT2D eigenvalue weighted by atomic mass is 16.3. The molecule has 2 amide bonds. The quantitative estimate of drug-likeness (QED) is 0.0804. The molecule has 0 aromatic carbocycles. The number of fused-ring (bicyclic) bond motifs is 5. The van der Waals surface area contributed by atoms with Gasteiger partial charge >= 0.3 is 0 Å². The van der Waals surface area contributed by atoms with Crippen LogP contribution in [-0.4, -0.2) is 58.3 Å². The molecule has 5 rings (SSSR count). The molecule has 4 aliphatic carbocycles. The van der Waals surface area contributed by atoms with Crippen molar-refractivity contribution in [2.24, 2.45) is 52.3 Å². The summed E-state index contributed by atoms with van der Waals surface area (Å²) < 4.78 is 0. The van der Waals surface area contributed by atoms with Crippen molar-refractivity contribution in [3.05, 3.63) is 12.2 Å². The topological polar surface area (TPSA) is 89.9 Å². The van der Waals surface area contributed by atoms with Crippen LogP contribution in [0.1, 0.15) is 195 Å². The van der Waals surface area contributed by atoms with Crippen LogP contribution in [0.3, 0.4) is 0 Å². The van der Waals surface area contributed by atoms with E-state index in [-0.39, 0.29) is 40.9 Å². The largest absolute Gasteiger partial charge is 0.393 e. The lowest BCUT2D eigenvalue weighted by Crippen LogP contribution is -2.62. The van der Waals surface area contributed by atoms with Crippen molar-refractivity contribution >= 4 is 11.8 Å². The van der Waals surface area contributed by atoms with E-state index in [0.29, 0.717) is 60.8 Å². The summed E-state index contributed by atoms with van der Waals surface area (Å²) in [7, 11) is 0. The number of amides is 2. The monoisotopic (exact) mass is 753 g/mol. The third-order valence-electron chi connectivity index (χ3n) is 16.5. The van der Waals surface area contributed by atoms with E-state index in [9.17, 15) is 19.8 Å². The Kier molecular flexibility index (Phi) is 16.9. The van der Waals surface area contributed by atoms with Crippen molar-refractivity contribution in [2.45, 2.75) is 213 Å². The van der Waals surface area contributed by atoms with Crippen LogP contribution in [0.2, 0.25) is 0 Å². The number of carbonyl (C=O) groups is 2. The number of likely N-dealkylation sites (tertiary alicyclic amines) is 1. The second-order valence-electron chi connectivity index (χ2n) is 19.9. The van der Waals surface area contributed by atoms with Crippen LogP contribution in [0, 0.1) is 52.3 Å². The maximum Gasteiger partial charge on any atom is 0.222 e. The molecule has 6 heteroatoms. The standard InChI is InChI=1S/C48H84N2O4/c1-6-8-9-10-11-12-13-14-15-16-17-18-19-20-21-22-44(53)50-32-29-36(34-50)49-43(52)26-23-35(3)39-24-25-40-45-41(28-31-47(39,40)4)48(5)30-27-37(51)33-42(48)38(7-2)46(45)54/h14-15,35-42,45-46,51,54H,6-13,16-34H2,1-5H3,(H,49,52)/t35-,36-,37-,38-,39?,40+,41+,42+,45+,46-,47-,48-/m1/s1. The van der Waals surface area contributed by atoms with Gasteiger partial charge in [-0.1, -0.05) is 105 Å². The molecule has 4 saturated carbocycles. The number of aliphatic hydroxyl groups excluding tert-OH is 2. The molecule has 5 fully saturated rings. The van der Waals surface area contributed by atoms with E-state index in [2.05, 4.69) is 52.1 Å². The summed E-state index contributed by atoms with van der Waals surface area (Å²) in [5.74, 6) is 3.70. The second kappa shape index (κ2) is 20.9. The summed E-state index contributed by atoms with van der Waals surface area (Å²) in [6.45, 7) is 13.4. The van der Waals surface area contributed by atoms with Gasteiger partial charge in [-0.2, -0.15) is 0 Å². The number of carbonyl (C=O) groups excluding carboxylic acids is 2. The molecular weight excluding hydrogens is 669 g/mol. The fourth-order valence-corrected chi connectivity index (χ4v) is 13.4. The molecule has 12 atom stereocenters. The first-order chi connectivity index (χ1) is 26.0. The number of unbranched alkanes of at least 4 members (excludes halogenated alkanes) is 11. The highest BCUT2D eigenvalue weighted by Gasteiger charge is 2.64. The van der Waals surface area contributed by atoms with Gasteiger partial charge < -0.3 is 20.4 Å². The Morgan fingerprint density at radius 1 is 0.778 bits per heavy atom. The smallest absolute Gasteiger partial charge is 0.222 e. The van der Waals surface area contributed by atoms with Gasteiger partial charge in [-0.15, -0.1) is 0 Å². The first-order valence-electron chi connectivity index (χ1n) is 23.6. The normalized spacial score (nSPS) is 36.9. The van der Waals surface area contributed by atoms with Crippen molar-refractivity contribution in [1.29, 1.82) is 0 Å². The van der Waals surface area contributed by atoms with Crippen LogP contribution in [-0.2, 0) is 9.59 Å². The number of nitrogens with zero attached hydrogens (tertiary/aromatic N) is 1. The van der Waals surface area contributed by atoms with Gasteiger partial charge in [0.15, 0.2) is 0 Å². The average Bonchev–Trinajstić information content (AvgIpc) is 3.77. The molecule has 1 saturated heterocycles. The number of hydrogen-bond acceptors (Lipinski definition) is 4. The molecule has 1 unspecified atom stereocenters. The molecule has 3 N–H and O–H groups in total. The fraction of sp³-hybridized carbons (Fsp3) is 0.917. The van der Waals surface area contributed by atoms with Crippen molar-refractivity contribution in [3.63, 3.8) is 0 Å². The Morgan fingerprint density at radius 2 is 1.43 bits per heavy atom.